The molecule has 1 amide bonds. The first kappa shape index (κ1) is 134. The van der Waals surface area contributed by atoms with Crippen LogP contribution in [0.15, 0.2) is 0 Å². The van der Waals surface area contributed by atoms with Crippen molar-refractivity contribution in [3.05, 3.63) is 11.4 Å². The van der Waals surface area contributed by atoms with E-state index in [1.54, 1.807) is 28.4 Å². The van der Waals surface area contributed by atoms with Crippen LogP contribution in [0.25, 0.3) is 0 Å². The number of ether oxygens (including phenoxy) is 40. The molecule has 0 aromatic carbocycles. The van der Waals surface area contributed by atoms with Crippen molar-refractivity contribution < 1.29 is 199 Å². The third-order valence-corrected chi connectivity index (χ3v) is 17.7. The molecule has 1 aromatic heterocycles. The second-order valence-corrected chi connectivity index (χ2v) is 29.0. The van der Waals surface area contributed by atoms with Crippen molar-refractivity contribution in [2.75, 3.05) is 561 Å². The Kier molecular flexibility index (Phi) is 115. The van der Waals surface area contributed by atoms with Gasteiger partial charge in [0, 0.05) is 74.3 Å². The minimum Gasteiger partial charge on any atom is -0.382 e. The van der Waals surface area contributed by atoms with Gasteiger partial charge in [0.05, 0.1) is 482 Å². The Morgan fingerprint density at radius 1 is 0.164 bits per heavy atom. The maximum Gasteiger partial charge on any atom is 0.273 e. The molecule has 0 fully saturated rings. The van der Waals surface area contributed by atoms with Crippen molar-refractivity contribution in [2.45, 2.75) is 25.7 Å². The van der Waals surface area contributed by atoms with Gasteiger partial charge < -0.3 is 205 Å². The fraction of sp³-hybridized carbons (Fsp3) is 0.935. The number of methoxy groups -OCH3 is 4. The molecule has 0 unspecified atom stereocenters. The van der Waals surface area contributed by atoms with E-state index in [9.17, 15) is 9.59 Å². The minimum atomic E-state index is -0.535. The highest BCUT2D eigenvalue weighted by molar-refractivity contribution is 6.02. The van der Waals surface area contributed by atoms with Gasteiger partial charge in [0.15, 0.2) is 28.8 Å². The third kappa shape index (κ3) is 106. The van der Waals surface area contributed by atoms with Crippen molar-refractivity contribution in [3.8, 4) is 0 Å². The summed E-state index contributed by atoms with van der Waals surface area (Å²) in [7, 11) is 6.54. The van der Waals surface area contributed by atoms with Gasteiger partial charge >= 0.3 is 0 Å². The number of carbonyl (C=O) groups is 2. The van der Waals surface area contributed by atoms with E-state index >= 15 is 0 Å². The van der Waals surface area contributed by atoms with Crippen LogP contribution >= 0.6 is 0 Å². The maximum atomic E-state index is 14.3. The van der Waals surface area contributed by atoms with Crippen LogP contribution in [0.2, 0.25) is 0 Å². The summed E-state index contributed by atoms with van der Waals surface area (Å²) in [5.74, 6) is -0.578. The highest BCUT2D eigenvalue weighted by Gasteiger charge is 2.24. The number of Topliss-reactive ketones (excluding diaryl/α,β-unsaturated/α-hetero) is 1. The molecule has 140 heavy (non-hydrogen) atoms. The zero-order valence-corrected chi connectivity index (χ0v) is 85.2. The quantitative estimate of drug-likeness (QED) is 0.0620. The van der Waals surface area contributed by atoms with Crippen LogP contribution in [-0.2, 0) is 189 Å². The number of nitrogens with zero attached hydrogens (tertiary/aromatic N) is 2. The van der Waals surface area contributed by atoms with Gasteiger partial charge in [-0.25, -0.2) is 9.97 Å². The van der Waals surface area contributed by atoms with Gasteiger partial charge in [0.2, 0.25) is 0 Å². The Balaban J connectivity index is 2.68. The molecule has 1 heterocycles. The first-order chi connectivity index (χ1) is 69.6. The summed E-state index contributed by atoms with van der Waals surface area (Å²) < 4.78 is 221. The second kappa shape index (κ2) is 120. The lowest BCUT2D eigenvalue weighted by Crippen LogP contribution is -2.30. The molecule has 0 bridgehead atoms. The number of ketones is 1. The van der Waals surface area contributed by atoms with E-state index in [-0.39, 0.29) is 61.6 Å². The van der Waals surface area contributed by atoms with Crippen molar-refractivity contribution >= 4 is 23.3 Å². The first-order valence-electron chi connectivity index (χ1n) is 49.5. The van der Waals surface area contributed by atoms with Crippen LogP contribution < -0.4 is 16.0 Å². The molecular weight excluding hydrogens is 1860 g/mol. The lowest BCUT2D eigenvalue weighted by Gasteiger charge is -2.16. The second-order valence-electron chi connectivity index (χ2n) is 29.0. The van der Waals surface area contributed by atoms with Crippen molar-refractivity contribution in [1.29, 1.82) is 0 Å². The molecule has 0 aliphatic carbocycles. The van der Waals surface area contributed by atoms with Crippen LogP contribution in [0.4, 0.5) is 11.6 Å². The summed E-state index contributed by atoms with van der Waals surface area (Å²) in [6.07, 6.45) is 1.49. The Bertz CT molecular complexity index is 2400. The molecule has 47 nitrogen and oxygen atoms in total. The van der Waals surface area contributed by atoms with Gasteiger partial charge in [-0.15, -0.1) is 0 Å². The Morgan fingerprint density at radius 2 is 0.300 bits per heavy atom. The molecule has 0 saturated carbocycles. The highest BCUT2D eigenvalue weighted by atomic mass is 16.6. The molecule has 0 aliphatic heterocycles. The molecule has 3 N–H and O–H groups in total. The summed E-state index contributed by atoms with van der Waals surface area (Å²) in [5, 5.41) is 9.42. The maximum absolute atomic E-state index is 14.3. The fourth-order valence-electron chi connectivity index (χ4n) is 10.6. The molecule has 0 atom stereocenters. The van der Waals surface area contributed by atoms with Crippen molar-refractivity contribution in [3.63, 3.8) is 0 Å². The summed E-state index contributed by atoms with van der Waals surface area (Å²) in [6, 6.07) is 0. The lowest BCUT2D eigenvalue weighted by atomic mass is 10.1. The zero-order valence-electron chi connectivity index (χ0n) is 85.2. The topological polar surface area (TPSA) is 465 Å². The standard InChI is InChI=1S/C93H181N5O42/c1-101-16-20-109-32-36-117-48-52-125-64-68-130-61-57-122-45-41-114-29-25-106-13-6-9-94-91-89(88(99)8-5-12-105-24-28-113-40-44-121-56-60-129-72-74-135-80-82-139-86-84-137-78-76-133-70-66-127-54-50-119-38-34-111-22-18-103-3)97-92(95-10-7-14-107-26-30-115-42-46-123-58-62-131-69-65-126-53-49-118-37-33-110-21-17-102-2)90(98-91)93(100)96-11-15-108-27-31-116-43-47-124-59-63-132-73-75-136-81-83-140-87-85-138-79-77-134-71-67-128-55-51-120-39-35-112-23-19-104-4/h5-87H2,1-4H3,(H,94,98)(H,95,97)(H,96,100). The van der Waals surface area contributed by atoms with Crippen LogP contribution in [0.1, 0.15) is 46.7 Å². The Hall–Kier alpha value is -3.78. The van der Waals surface area contributed by atoms with E-state index in [4.69, 9.17) is 199 Å². The summed E-state index contributed by atoms with van der Waals surface area (Å²) in [6.45, 7) is 34.3. The van der Waals surface area contributed by atoms with Gasteiger partial charge in [-0.2, -0.15) is 0 Å². The number of anilines is 2. The molecule has 830 valence electrons. The number of amides is 1. The van der Waals surface area contributed by atoms with Gasteiger partial charge in [-0.05, 0) is 19.3 Å². The normalized spacial score (nSPS) is 11.7. The van der Waals surface area contributed by atoms with Gasteiger partial charge in [0.25, 0.3) is 5.91 Å². The molecule has 0 aliphatic rings. The van der Waals surface area contributed by atoms with Gasteiger partial charge in [0.1, 0.15) is 0 Å². The van der Waals surface area contributed by atoms with Crippen molar-refractivity contribution in [1.82, 2.24) is 15.3 Å². The van der Waals surface area contributed by atoms with Crippen LogP contribution in [0.5, 0.6) is 0 Å². The minimum absolute atomic E-state index is 0.0261. The number of carbonyl (C=O) groups excluding carboxylic acids is 2. The Labute approximate surface area is 832 Å². The van der Waals surface area contributed by atoms with E-state index in [2.05, 4.69) is 16.0 Å². The average molecular weight is 2040 g/mol. The largest absolute Gasteiger partial charge is 0.382 e. The Morgan fingerprint density at radius 3 is 0.471 bits per heavy atom. The molecule has 1 rings (SSSR count). The van der Waals surface area contributed by atoms with Gasteiger partial charge in [-0.3, -0.25) is 9.59 Å². The average Bonchev–Trinajstić information content (AvgIpc) is 0.803. The number of nitrogens with one attached hydrogen (secondary N) is 3. The molecule has 0 spiro atoms. The zero-order chi connectivity index (χ0) is 100.0. The smallest absolute Gasteiger partial charge is 0.273 e. The summed E-state index contributed by atoms with van der Waals surface area (Å²) in [5.41, 5.74) is 0.0311. The molecule has 1 aromatic rings. The van der Waals surface area contributed by atoms with Crippen LogP contribution in [0.3, 0.4) is 0 Å². The number of rotatable bonds is 127. The van der Waals surface area contributed by atoms with E-state index in [0.29, 0.717) is 515 Å². The first-order valence-corrected chi connectivity index (χ1v) is 49.5. The monoisotopic (exact) mass is 2040 g/mol. The lowest BCUT2D eigenvalue weighted by molar-refractivity contribution is -0.0280. The van der Waals surface area contributed by atoms with E-state index in [1.165, 1.54) is 0 Å². The van der Waals surface area contributed by atoms with Gasteiger partial charge in [-0.1, -0.05) is 0 Å². The van der Waals surface area contributed by atoms with Crippen LogP contribution in [-0.4, -0.2) is 572 Å². The SMILES string of the molecule is COCCOCCOCCOCCOCCOCCOCCOCCCNc1nc(C(=O)NCCOCCOCCOCCOCCOCCOCCOCCOCCOCCOCCOCCOC)c(NCCCOCCOCCOCCOCCOCCOCCOCCOC)nc1C(=O)CCCOCCOCCOCCOCCOCCOCCOCCOCCOCCOCCOCCOC. The molecule has 47 heteroatoms. The molecular formula is C93H181N5O42. The molecule has 0 saturated heterocycles. The van der Waals surface area contributed by atoms with E-state index < -0.39 is 5.91 Å². The fourth-order valence-corrected chi connectivity index (χ4v) is 10.6. The van der Waals surface area contributed by atoms with E-state index in [0.717, 1.165) is 0 Å². The molecule has 0 radical (unpaired) electrons. The summed E-state index contributed by atoms with van der Waals surface area (Å²) in [4.78, 5) is 38.0. The number of hydrogen-bond acceptors (Lipinski definition) is 46. The predicted molar refractivity (Wildman–Crippen MR) is 511 cm³/mol. The van der Waals surface area contributed by atoms with E-state index in [1.807, 2.05) is 0 Å². The van der Waals surface area contributed by atoms with Crippen molar-refractivity contribution in [2.24, 2.45) is 0 Å². The number of hydrogen-bond donors (Lipinski definition) is 3. The van der Waals surface area contributed by atoms with Crippen LogP contribution in [0, 0.1) is 0 Å². The predicted octanol–water partition coefficient (Wildman–Crippen LogP) is 1.96. The summed E-state index contributed by atoms with van der Waals surface area (Å²) >= 11 is 0. The third-order valence-electron chi connectivity index (χ3n) is 17.7. The highest BCUT2D eigenvalue weighted by Crippen LogP contribution is 2.21. The number of aromatic nitrogens is 2.